The van der Waals surface area contributed by atoms with E-state index in [2.05, 4.69) is 15.9 Å². The first-order valence-corrected chi connectivity index (χ1v) is 5.79. The Morgan fingerprint density at radius 3 is 2.47 bits per heavy atom. The molecular formula is C11H12BrClO2. The molecule has 0 fully saturated rings. The van der Waals surface area contributed by atoms with Gasteiger partial charge in [0.1, 0.15) is 5.75 Å². The molecule has 0 saturated heterocycles. The van der Waals surface area contributed by atoms with Gasteiger partial charge in [0.2, 0.25) is 4.51 Å². The Morgan fingerprint density at radius 2 is 2.00 bits per heavy atom. The third kappa shape index (κ3) is 3.50. The Balaban J connectivity index is 2.77. The highest BCUT2D eigenvalue weighted by Crippen LogP contribution is 2.26. The zero-order valence-electron chi connectivity index (χ0n) is 8.59. The lowest BCUT2D eigenvalue weighted by atomic mass is 10.2. The summed E-state index contributed by atoms with van der Waals surface area (Å²) in [5, 5.41) is 0.639. The molecule has 1 atom stereocenters. The van der Waals surface area contributed by atoms with Gasteiger partial charge in [0.25, 0.3) is 0 Å². The Morgan fingerprint density at radius 1 is 1.47 bits per heavy atom. The summed E-state index contributed by atoms with van der Waals surface area (Å²) in [5.41, 5.74) is 0. The molecule has 1 aromatic carbocycles. The maximum atomic E-state index is 11.5. The number of hydrogen-bond donors (Lipinski definition) is 0. The van der Waals surface area contributed by atoms with Crippen molar-refractivity contribution in [1.29, 1.82) is 0 Å². The van der Waals surface area contributed by atoms with E-state index in [9.17, 15) is 4.79 Å². The van der Waals surface area contributed by atoms with Crippen LogP contribution in [0.4, 0.5) is 0 Å². The third-order valence-corrected chi connectivity index (χ3v) is 2.80. The maximum Gasteiger partial charge on any atom is 0.218 e. The average Bonchev–Trinajstić information content (AvgIpc) is 2.20. The van der Waals surface area contributed by atoms with E-state index in [0.717, 1.165) is 0 Å². The Kier molecular flexibility index (Phi) is 4.17. The third-order valence-electron chi connectivity index (χ3n) is 1.94. The molecule has 0 radical (unpaired) electrons. The number of ether oxygens (including phenoxy) is 1. The molecule has 0 spiro atoms. The minimum Gasteiger partial charge on any atom is -0.469 e. The number of rotatable bonds is 4. The molecule has 1 rings (SSSR count). The standard InChI is InChI=1S/C11H12BrClO2/c1-3-10(14)11(2,12)15-9-6-4-8(13)5-7-9/h4-7H,3H2,1-2H3. The van der Waals surface area contributed by atoms with Gasteiger partial charge in [-0.1, -0.05) is 18.5 Å². The van der Waals surface area contributed by atoms with Crippen LogP contribution in [0.15, 0.2) is 24.3 Å². The number of ketones is 1. The van der Waals surface area contributed by atoms with Crippen molar-refractivity contribution in [2.24, 2.45) is 0 Å². The van der Waals surface area contributed by atoms with Gasteiger partial charge in [-0.3, -0.25) is 4.79 Å². The van der Waals surface area contributed by atoms with Gasteiger partial charge in [-0.05, 0) is 47.1 Å². The summed E-state index contributed by atoms with van der Waals surface area (Å²) in [6.45, 7) is 3.49. The second-order valence-electron chi connectivity index (χ2n) is 3.25. The summed E-state index contributed by atoms with van der Waals surface area (Å²) < 4.78 is 4.56. The van der Waals surface area contributed by atoms with Gasteiger partial charge in [0.15, 0.2) is 5.78 Å². The minimum absolute atomic E-state index is 0.00236. The number of hydrogen-bond acceptors (Lipinski definition) is 2. The van der Waals surface area contributed by atoms with Crippen LogP contribution in [0.1, 0.15) is 20.3 Å². The van der Waals surface area contributed by atoms with Crippen molar-refractivity contribution >= 4 is 33.3 Å². The molecule has 15 heavy (non-hydrogen) atoms. The number of alkyl halides is 1. The van der Waals surface area contributed by atoms with Crippen LogP contribution in [0, 0.1) is 0 Å². The van der Waals surface area contributed by atoms with Crippen molar-refractivity contribution in [3.05, 3.63) is 29.3 Å². The summed E-state index contributed by atoms with van der Waals surface area (Å²) in [7, 11) is 0. The van der Waals surface area contributed by atoms with E-state index in [-0.39, 0.29) is 5.78 Å². The predicted octanol–water partition coefficient (Wildman–Crippen LogP) is 3.81. The first-order chi connectivity index (χ1) is 6.95. The molecule has 2 nitrogen and oxygen atoms in total. The van der Waals surface area contributed by atoms with Crippen LogP contribution in [0.5, 0.6) is 5.75 Å². The van der Waals surface area contributed by atoms with Gasteiger partial charge in [-0.25, -0.2) is 0 Å². The first-order valence-electron chi connectivity index (χ1n) is 4.62. The van der Waals surface area contributed by atoms with Crippen molar-refractivity contribution in [2.45, 2.75) is 24.8 Å². The van der Waals surface area contributed by atoms with Crippen LogP contribution in [0.3, 0.4) is 0 Å². The molecule has 0 bridgehead atoms. The molecule has 4 heteroatoms. The molecule has 0 saturated carbocycles. The summed E-state index contributed by atoms with van der Waals surface area (Å²) in [5.74, 6) is 0.609. The number of benzene rings is 1. The van der Waals surface area contributed by atoms with Gasteiger partial charge in [0, 0.05) is 11.4 Å². The molecule has 0 aliphatic carbocycles. The Hall–Kier alpha value is -0.540. The summed E-state index contributed by atoms with van der Waals surface area (Å²) in [6.07, 6.45) is 0.426. The Labute approximate surface area is 103 Å². The largest absolute Gasteiger partial charge is 0.469 e. The fraction of sp³-hybridized carbons (Fsp3) is 0.364. The summed E-state index contributed by atoms with van der Waals surface area (Å²) >= 11 is 9.00. The molecule has 0 amide bonds. The van der Waals surface area contributed by atoms with E-state index in [1.165, 1.54) is 0 Å². The van der Waals surface area contributed by atoms with Crippen LogP contribution >= 0.6 is 27.5 Å². The number of carbonyl (C=O) groups is 1. The van der Waals surface area contributed by atoms with Crippen molar-refractivity contribution in [3.63, 3.8) is 0 Å². The van der Waals surface area contributed by atoms with Gasteiger partial charge < -0.3 is 4.74 Å². The summed E-state index contributed by atoms with van der Waals surface area (Å²) in [6, 6.07) is 6.89. The van der Waals surface area contributed by atoms with E-state index in [1.807, 2.05) is 0 Å². The lowest BCUT2D eigenvalue weighted by molar-refractivity contribution is -0.126. The smallest absolute Gasteiger partial charge is 0.218 e. The van der Waals surface area contributed by atoms with Crippen molar-refractivity contribution in [2.75, 3.05) is 0 Å². The molecule has 82 valence electrons. The van der Waals surface area contributed by atoms with E-state index < -0.39 is 4.51 Å². The van der Waals surface area contributed by atoms with Crippen LogP contribution in [0.2, 0.25) is 5.02 Å². The van der Waals surface area contributed by atoms with Crippen molar-refractivity contribution in [1.82, 2.24) is 0 Å². The first kappa shape index (κ1) is 12.5. The van der Waals surface area contributed by atoms with Crippen LogP contribution in [-0.4, -0.2) is 10.3 Å². The lowest BCUT2D eigenvalue weighted by Gasteiger charge is -2.22. The monoisotopic (exact) mass is 290 g/mol. The van der Waals surface area contributed by atoms with E-state index >= 15 is 0 Å². The van der Waals surface area contributed by atoms with Crippen LogP contribution < -0.4 is 4.74 Å². The van der Waals surface area contributed by atoms with Gasteiger partial charge in [0.05, 0.1) is 0 Å². The van der Waals surface area contributed by atoms with Gasteiger partial charge in [-0.15, -0.1) is 0 Å². The highest BCUT2D eigenvalue weighted by molar-refractivity contribution is 9.10. The number of Topliss-reactive ketones (excluding diaryl/α,β-unsaturated/α-hetero) is 1. The molecular weight excluding hydrogens is 279 g/mol. The van der Waals surface area contributed by atoms with Crippen molar-refractivity contribution < 1.29 is 9.53 Å². The van der Waals surface area contributed by atoms with Crippen molar-refractivity contribution in [3.8, 4) is 5.75 Å². The number of carbonyl (C=O) groups excluding carboxylic acids is 1. The molecule has 1 unspecified atom stereocenters. The molecule has 0 N–H and O–H groups in total. The number of halogens is 2. The van der Waals surface area contributed by atoms with E-state index in [0.29, 0.717) is 17.2 Å². The SMILES string of the molecule is CCC(=O)C(C)(Br)Oc1ccc(Cl)cc1. The quantitative estimate of drug-likeness (QED) is 0.789. The van der Waals surface area contributed by atoms with E-state index in [4.69, 9.17) is 16.3 Å². The average molecular weight is 292 g/mol. The minimum atomic E-state index is -0.963. The Bertz CT molecular complexity index is 346. The lowest BCUT2D eigenvalue weighted by Crippen LogP contribution is -2.34. The van der Waals surface area contributed by atoms with Gasteiger partial charge in [-0.2, -0.15) is 0 Å². The second kappa shape index (κ2) is 4.99. The molecule has 0 aromatic heterocycles. The van der Waals surface area contributed by atoms with Gasteiger partial charge >= 0.3 is 0 Å². The molecule has 1 aromatic rings. The molecule has 0 aliphatic heterocycles. The van der Waals surface area contributed by atoms with Crippen LogP contribution in [0.25, 0.3) is 0 Å². The molecule has 0 aliphatic rings. The fourth-order valence-electron chi connectivity index (χ4n) is 1.10. The highest BCUT2D eigenvalue weighted by atomic mass is 79.9. The fourth-order valence-corrected chi connectivity index (χ4v) is 1.69. The predicted molar refractivity (Wildman–Crippen MR) is 64.7 cm³/mol. The second-order valence-corrected chi connectivity index (χ2v) is 5.20. The highest BCUT2D eigenvalue weighted by Gasteiger charge is 2.30. The maximum absolute atomic E-state index is 11.5. The molecule has 0 heterocycles. The van der Waals surface area contributed by atoms with Crippen LogP contribution in [-0.2, 0) is 4.79 Å². The summed E-state index contributed by atoms with van der Waals surface area (Å²) in [4.78, 5) is 11.5. The zero-order valence-corrected chi connectivity index (χ0v) is 10.9. The zero-order chi connectivity index (χ0) is 11.5. The normalized spacial score (nSPS) is 14.4. The van der Waals surface area contributed by atoms with E-state index in [1.54, 1.807) is 38.1 Å². The topological polar surface area (TPSA) is 26.3 Å².